The molecule has 2 aromatic carbocycles. The predicted octanol–water partition coefficient (Wildman–Crippen LogP) is 5.57. The number of hydrogen-bond acceptors (Lipinski definition) is 2. The van der Waals surface area contributed by atoms with Crippen LogP contribution >= 0.6 is 11.6 Å². The Hall–Kier alpha value is -2.00. The van der Waals surface area contributed by atoms with Crippen LogP contribution in [0.4, 0.5) is 4.79 Å². The van der Waals surface area contributed by atoms with E-state index in [4.69, 9.17) is 16.3 Å². The number of nitrogens with zero attached hydrogens (tertiary/aromatic N) is 1. The third kappa shape index (κ3) is 3.57. The predicted molar refractivity (Wildman–Crippen MR) is 97.1 cm³/mol. The second-order valence-electron chi connectivity index (χ2n) is 7.28. The van der Waals surface area contributed by atoms with Crippen molar-refractivity contribution < 1.29 is 9.53 Å². The van der Waals surface area contributed by atoms with Gasteiger partial charge in [0.2, 0.25) is 0 Å². The molecule has 0 fully saturated rings. The first-order valence-corrected chi connectivity index (χ1v) is 8.47. The van der Waals surface area contributed by atoms with Crippen molar-refractivity contribution in [2.24, 2.45) is 0 Å². The molecule has 0 saturated carbocycles. The molecule has 2 aromatic rings. The SMILES string of the molecule is Cc1cc(Cl)ccc1-c1ccc2c(c1)CN(C(=O)OC(C)(C)C)C2. The molecule has 3 rings (SSSR count). The zero-order chi connectivity index (χ0) is 17.5. The highest BCUT2D eigenvalue weighted by Gasteiger charge is 2.27. The fourth-order valence-corrected chi connectivity index (χ4v) is 3.20. The third-order valence-electron chi connectivity index (χ3n) is 4.08. The van der Waals surface area contributed by atoms with Gasteiger partial charge in [0.15, 0.2) is 0 Å². The van der Waals surface area contributed by atoms with Crippen molar-refractivity contribution in [3.8, 4) is 11.1 Å². The lowest BCUT2D eigenvalue weighted by Crippen LogP contribution is -2.33. The molecule has 1 heterocycles. The molecule has 0 unspecified atom stereocenters. The number of benzene rings is 2. The van der Waals surface area contributed by atoms with E-state index in [1.165, 1.54) is 11.1 Å². The van der Waals surface area contributed by atoms with Crippen LogP contribution in [0.1, 0.15) is 37.5 Å². The molecule has 0 radical (unpaired) electrons. The summed E-state index contributed by atoms with van der Waals surface area (Å²) in [4.78, 5) is 14.0. The number of hydrogen-bond donors (Lipinski definition) is 0. The molecule has 0 aliphatic carbocycles. The number of carbonyl (C=O) groups excluding carboxylic acids is 1. The molecule has 0 atom stereocenters. The molecule has 0 bridgehead atoms. The van der Waals surface area contributed by atoms with Gasteiger partial charge in [-0.25, -0.2) is 4.79 Å². The van der Waals surface area contributed by atoms with Gasteiger partial charge in [-0.15, -0.1) is 0 Å². The van der Waals surface area contributed by atoms with Gasteiger partial charge in [0.1, 0.15) is 5.60 Å². The first-order chi connectivity index (χ1) is 11.2. The maximum Gasteiger partial charge on any atom is 0.410 e. The molecule has 24 heavy (non-hydrogen) atoms. The Bertz CT molecular complexity index is 793. The van der Waals surface area contributed by atoms with E-state index >= 15 is 0 Å². The minimum absolute atomic E-state index is 0.261. The zero-order valence-electron chi connectivity index (χ0n) is 14.5. The van der Waals surface area contributed by atoms with Crippen LogP contribution < -0.4 is 0 Å². The fourth-order valence-electron chi connectivity index (χ4n) is 2.97. The molecule has 126 valence electrons. The first-order valence-electron chi connectivity index (χ1n) is 8.09. The highest BCUT2D eigenvalue weighted by molar-refractivity contribution is 6.30. The van der Waals surface area contributed by atoms with E-state index in [1.807, 2.05) is 39.0 Å². The second kappa shape index (κ2) is 6.14. The average molecular weight is 344 g/mol. The second-order valence-corrected chi connectivity index (χ2v) is 7.72. The Morgan fingerprint density at radius 3 is 2.46 bits per heavy atom. The minimum Gasteiger partial charge on any atom is -0.444 e. The zero-order valence-corrected chi connectivity index (χ0v) is 15.3. The van der Waals surface area contributed by atoms with Crippen LogP contribution in [0.3, 0.4) is 0 Å². The monoisotopic (exact) mass is 343 g/mol. The quantitative estimate of drug-likeness (QED) is 0.677. The third-order valence-corrected chi connectivity index (χ3v) is 4.31. The minimum atomic E-state index is -0.475. The number of ether oxygens (including phenoxy) is 1. The van der Waals surface area contributed by atoms with Crippen molar-refractivity contribution in [3.05, 3.63) is 58.1 Å². The van der Waals surface area contributed by atoms with E-state index in [9.17, 15) is 4.79 Å². The van der Waals surface area contributed by atoms with Gasteiger partial charge in [-0.05, 0) is 73.7 Å². The summed E-state index contributed by atoms with van der Waals surface area (Å²) < 4.78 is 5.47. The van der Waals surface area contributed by atoms with Crippen LogP contribution in [0.2, 0.25) is 5.02 Å². The van der Waals surface area contributed by atoms with E-state index < -0.39 is 5.60 Å². The highest BCUT2D eigenvalue weighted by atomic mass is 35.5. The summed E-state index contributed by atoms with van der Waals surface area (Å²) in [7, 11) is 0. The summed E-state index contributed by atoms with van der Waals surface area (Å²) in [5, 5.41) is 0.744. The fraction of sp³-hybridized carbons (Fsp3) is 0.350. The van der Waals surface area contributed by atoms with E-state index in [0.29, 0.717) is 13.1 Å². The molecule has 1 aliphatic heterocycles. The van der Waals surface area contributed by atoms with Crippen molar-refractivity contribution in [3.63, 3.8) is 0 Å². The molecule has 0 spiro atoms. The van der Waals surface area contributed by atoms with Gasteiger partial charge in [0, 0.05) is 18.1 Å². The van der Waals surface area contributed by atoms with Crippen molar-refractivity contribution >= 4 is 17.7 Å². The van der Waals surface area contributed by atoms with Crippen molar-refractivity contribution in [2.45, 2.75) is 46.4 Å². The van der Waals surface area contributed by atoms with Gasteiger partial charge in [-0.2, -0.15) is 0 Å². The van der Waals surface area contributed by atoms with Crippen LogP contribution in [0.25, 0.3) is 11.1 Å². The lowest BCUT2D eigenvalue weighted by molar-refractivity contribution is 0.0242. The molecular formula is C20H22ClNO2. The van der Waals surface area contributed by atoms with Crippen LogP contribution in [0.5, 0.6) is 0 Å². The molecular weight excluding hydrogens is 322 g/mol. The number of rotatable bonds is 1. The summed E-state index contributed by atoms with van der Waals surface area (Å²) >= 11 is 6.05. The molecule has 3 nitrogen and oxygen atoms in total. The Balaban J connectivity index is 1.83. The number of aryl methyl sites for hydroxylation is 1. The van der Waals surface area contributed by atoms with E-state index in [0.717, 1.165) is 21.7 Å². The summed E-state index contributed by atoms with van der Waals surface area (Å²) in [6.07, 6.45) is -0.261. The number of fused-ring (bicyclic) bond motifs is 1. The van der Waals surface area contributed by atoms with Gasteiger partial charge < -0.3 is 4.74 Å². The van der Waals surface area contributed by atoms with Crippen LogP contribution in [-0.4, -0.2) is 16.6 Å². The summed E-state index contributed by atoms with van der Waals surface area (Å²) in [5.41, 5.74) is 5.33. The van der Waals surface area contributed by atoms with Gasteiger partial charge in [-0.1, -0.05) is 29.8 Å². The normalized spacial score (nSPS) is 13.8. The van der Waals surface area contributed by atoms with Crippen molar-refractivity contribution in [1.29, 1.82) is 0 Å². The lowest BCUT2D eigenvalue weighted by Gasteiger charge is -2.24. The number of halogens is 1. The summed E-state index contributed by atoms with van der Waals surface area (Å²) in [5.74, 6) is 0. The van der Waals surface area contributed by atoms with Gasteiger partial charge >= 0.3 is 6.09 Å². The highest BCUT2D eigenvalue weighted by Crippen LogP contribution is 2.31. The molecule has 4 heteroatoms. The number of amides is 1. The molecule has 0 saturated heterocycles. The smallest absolute Gasteiger partial charge is 0.410 e. The van der Waals surface area contributed by atoms with E-state index in [1.54, 1.807) is 4.90 Å². The molecule has 0 aromatic heterocycles. The Morgan fingerprint density at radius 1 is 1.08 bits per heavy atom. The Labute approximate surface area is 148 Å². The lowest BCUT2D eigenvalue weighted by atomic mass is 9.97. The van der Waals surface area contributed by atoms with E-state index in [2.05, 4.69) is 25.1 Å². The van der Waals surface area contributed by atoms with Gasteiger partial charge in [0.25, 0.3) is 0 Å². The van der Waals surface area contributed by atoms with Crippen LogP contribution in [0.15, 0.2) is 36.4 Å². The number of carbonyl (C=O) groups is 1. The summed E-state index contributed by atoms with van der Waals surface area (Å²) in [6, 6.07) is 12.3. The standard InChI is InChI=1S/C20H22ClNO2/c1-13-9-17(21)7-8-18(13)14-5-6-15-11-22(12-16(15)10-14)19(23)24-20(2,3)4/h5-10H,11-12H2,1-4H3. The maximum absolute atomic E-state index is 12.3. The van der Waals surface area contributed by atoms with Crippen molar-refractivity contribution in [2.75, 3.05) is 0 Å². The van der Waals surface area contributed by atoms with Crippen LogP contribution in [-0.2, 0) is 17.8 Å². The van der Waals surface area contributed by atoms with E-state index in [-0.39, 0.29) is 6.09 Å². The van der Waals surface area contributed by atoms with Crippen molar-refractivity contribution in [1.82, 2.24) is 4.90 Å². The molecule has 1 aliphatic rings. The Morgan fingerprint density at radius 2 is 1.79 bits per heavy atom. The largest absolute Gasteiger partial charge is 0.444 e. The van der Waals surface area contributed by atoms with Gasteiger partial charge in [0.05, 0.1) is 0 Å². The van der Waals surface area contributed by atoms with Gasteiger partial charge in [-0.3, -0.25) is 4.90 Å². The summed E-state index contributed by atoms with van der Waals surface area (Å²) in [6.45, 7) is 8.90. The average Bonchev–Trinajstić information content (AvgIpc) is 2.88. The maximum atomic E-state index is 12.3. The van der Waals surface area contributed by atoms with Crippen LogP contribution in [0, 0.1) is 6.92 Å². The molecule has 0 N–H and O–H groups in total. The molecule has 1 amide bonds. The first kappa shape index (κ1) is 16.8. The topological polar surface area (TPSA) is 29.5 Å². The Kier molecular flexibility index (Phi) is 4.31.